The van der Waals surface area contributed by atoms with Gasteiger partial charge in [0, 0.05) is 21.6 Å². The van der Waals surface area contributed by atoms with Crippen molar-refractivity contribution < 1.29 is 4.79 Å². The van der Waals surface area contributed by atoms with E-state index in [4.69, 9.17) is 5.73 Å². The minimum atomic E-state index is 0.00633. The third-order valence-electron chi connectivity index (χ3n) is 3.38. The second-order valence-corrected chi connectivity index (χ2v) is 6.14. The number of nitrogens with two attached hydrogens (primary N) is 1. The van der Waals surface area contributed by atoms with Gasteiger partial charge >= 0.3 is 0 Å². The molecule has 0 fully saturated rings. The van der Waals surface area contributed by atoms with Gasteiger partial charge in [-0.25, -0.2) is 0 Å². The molecule has 0 saturated carbocycles. The molecule has 20 heavy (non-hydrogen) atoms. The summed E-state index contributed by atoms with van der Waals surface area (Å²) >= 11 is 3.36. The Morgan fingerprint density at radius 3 is 1.85 bits per heavy atom. The summed E-state index contributed by atoms with van der Waals surface area (Å²) in [4.78, 5) is 12.3. The maximum absolute atomic E-state index is 12.3. The van der Waals surface area contributed by atoms with Crippen LogP contribution in [0, 0.1) is 5.92 Å². The molecular weight excluding hydrogens is 314 g/mol. The molecular formula is C17H18BrNO. The van der Waals surface area contributed by atoms with Crippen LogP contribution >= 0.6 is 15.9 Å². The van der Waals surface area contributed by atoms with E-state index in [-0.39, 0.29) is 11.8 Å². The molecule has 0 aliphatic carbocycles. The van der Waals surface area contributed by atoms with Gasteiger partial charge in [-0.15, -0.1) is 0 Å². The van der Waals surface area contributed by atoms with E-state index in [1.54, 1.807) is 0 Å². The molecule has 3 heteroatoms. The van der Waals surface area contributed by atoms with E-state index < -0.39 is 0 Å². The molecule has 0 unspecified atom stereocenters. The van der Waals surface area contributed by atoms with E-state index in [1.165, 1.54) is 0 Å². The summed E-state index contributed by atoms with van der Waals surface area (Å²) in [6.45, 7) is 4.18. The van der Waals surface area contributed by atoms with E-state index in [0.717, 1.165) is 10.0 Å². The number of carbonyl (C=O) groups is 1. The second kappa shape index (κ2) is 6.33. The van der Waals surface area contributed by atoms with Gasteiger partial charge in [0.15, 0.2) is 5.78 Å². The topological polar surface area (TPSA) is 43.1 Å². The van der Waals surface area contributed by atoms with Crippen molar-refractivity contribution in [2.24, 2.45) is 11.7 Å². The Hall–Kier alpha value is -1.45. The van der Waals surface area contributed by atoms with Crippen molar-refractivity contribution >= 4 is 21.7 Å². The largest absolute Gasteiger partial charge is 0.324 e. The number of halogens is 1. The lowest BCUT2D eigenvalue weighted by Gasteiger charge is -2.16. The van der Waals surface area contributed by atoms with Crippen LogP contribution in [-0.4, -0.2) is 5.78 Å². The Labute approximate surface area is 128 Å². The average Bonchev–Trinajstić information content (AvgIpc) is 2.46. The summed E-state index contributed by atoms with van der Waals surface area (Å²) in [7, 11) is 0. The fourth-order valence-electron chi connectivity index (χ4n) is 2.01. The van der Waals surface area contributed by atoms with Crippen LogP contribution in [-0.2, 0) is 0 Å². The highest BCUT2D eigenvalue weighted by Crippen LogP contribution is 2.20. The van der Waals surface area contributed by atoms with Crippen molar-refractivity contribution in [3.05, 3.63) is 69.7 Å². The molecule has 2 rings (SSSR count). The number of ketones is 1. The lowest BCUT2D eigenvalue weighted by Crippen LogP contribution is -2.16. The first-order valence-corrected chi connectivity index (χ1v) is 7.44. The Kier molecular flexibility index (Phi) is 4.73. The predicted molar refractivity (Wildman–Crippen MR) is 85.8 cm³/mol. The molecule has 2 nitrogen and oxygen atoms in total. The molecule has 2 N–H and O–H groups in total. The third kappa shape index (κ3) is 3.35. The van der Waals surface area contributed by atoms with Gasteiger partial charge in [0.1, 0.15) is 0 Å². The molecule has 0 aliphatic rings. The Bertz CT molecular complexity index is 587. The quantitative estimate of drug-likeness (QED) is 0.847. The van der Waals surface area contributed by atoms with Crippen LogP contribution in [0.15, 0.2) is 53.0 Å². The molecule has 0 radical (unpaired) electrons. The first-order valence-electron chi connectivity index (χ1n) is 6.65. The van der Waals surface area contributed by atoms with Crippen LogP contribution in [0.1, 0.15) is 41.4 Å². The van der Waals surface area contributed by atoms with E-state index in [9.17, 15) is 4.79 Å². The van der Waals surface area contributed by atoms with Gasteiger partial charge in [-0.1, -0.05) is 54.0 Å². The Morgan fingerprint density at radius 1 is 0.950 bits per heavy atom. The summed E-state index contributed by atoms with van der Waals surface area (Å²) in [6, 6.07) is 15.0. The minimum Gasteiger partial charge on any atom is -0.324 e. The van der Waals surface area contributed by atoms with Crippen molar-refractivity contribution in [1.29, 1.82) is 0 Å². The number of rotatable bonds is 4. The standard InChI is InChI=1S/C17H18BrNO/c1-11(2)16(19)12-3-5-13(6-4-12)17(20)14-7-9-15(18)10-8-14/h3-11,16H,19H2,1-2H3/t16-/m1/s1. The van der Waals surface area contributed by atoms with Crippen molar-refractivity contribution in [2.75, 3.05) is 0 Å². The molecule has 2 aromatic carbocycles. The van der Waals surface area contributed by atoms with Crippen LogP contribution < -0.4 is 5.73 Å². The van der Waals surface area contributed by atoms with Crippen molar-refractivity contribution in [1.82, 2.24) is 0 Å². The van der Waals surface area contributed by atoms with Crippen LogP contribution in [0.4, 0.5) is 0 Å². The molecule has 0 heterocycles. The van der Waals surface area contributed by atoms with Gasteiger partial charge in [-0.2, -0.15) is 0 Å². The zero-order valence-corrected chi connectivity index (χ0v) is 13.2. The maximum atomic E-state index is 12.3. The smallest absolute Gasteiger partial charge is 0.193 e. The summed E-state index contributed by atoms with van der Waals surface area (Å²) in [5, 5.41) is 0. The highest BCUT2D eigenvalue weighted by atomic mass is 79.9. The number of carbonyl (C=O) groups excluding carboxylic acids is 1. The maximum Gasteiger partial charge on any atom is 0.193 e. The van der Waals surface area contributed by atoms with Crippen LogP contribution in [0.2, 0.25) is 0 Å². The molecule has 0 saturated heterocycles. The van der Waals surface area contributed by atoms with Gasteiger partial charge in [0.05, 0.1) is 0 Å². The van der Waals surface area contributed by atoms with Gasteiger partial charge in [-0.3, -0.25) is 4.79 Å². The summed E-state index contributed by atoms with van der Waals surface area (Å²) in [5.41, 5.74) is 8.54. The van der Waals surface area contributed by atoms with Gasteiger partial charge < -0.3 is 5.73 Å². The first kappa shape index (κ1) is 14.9. The molecule has 1 atom stereocenters. The number of hydrogen-bond donors (Lipinski definition) is 1. The van der Waals surface area contributed by atoms with Crippen molar-refractivity contribution in [3.63, 3.8) is 0 Å². The van der Waals surface area contributed by atoms with E-state index in [1.807, 2.05) is 48.5 Å². The van der Waals surface area contributed by atoms with Crippen LogP contribution in [0.5, 0.6) is 0 Å². The lowest BCUT2D eigenvalue weighted by atomic mass is 9.95. The molecule has 0 bridgehead atoms. The highest BCUT2D eigenvalue weighted by Gasteiger charge is 2.12. The normalized spacial score (nSPS) is 12.4. The summed E-state index contributed by atoms with van der Waals surface area (Å²) < 4.78 is 0.965. The lowest BCUT2D eigenvalue weighted by molar-refractivity contribution is 0.103. The number of hydrogen-bond acceptors (Lipinski definition) is 2. The van der Waals surface area contributed by atoms with Crippen molar-refractivity contribution in [2.45, 2.75) is 19.9 Å². The number of benzene rings is 2. The molecule has 104 valence electrons. The van der Waals surface area contributed by atoms with Gasteiger partial charge in [0.2, 0.25) is 0 Å². The van der Waals surface area contributed by atoms with E-state index in [0.29, 0.717) is 17.0 Å². The zero-order valence-electron chi connectivity index (χ0n) is 11.6. The molecule has 0 aliphatic heterocycles. The van der Waals surface area contributed by atoms with Gasteiger partial charge in [0.25, 0.3) is 0 Å². The first-order chi connectivity index (χ1) is 9.49. The fourth-order valence-corrected chi connectivity index (χ4v) is 2.27. The summed E-state index contributed by atoms with van der Waals surface area (Å²) in [6.07, 6.45) is 0. The molecule has 0 spiro atoms. The Balaban J connectivity index is 2.21. The molecule has 0 aromatic heterocycles. The molecule has 0 amide bonds. The molecule has 2 aromatic rings. The predicted octanol–water partition coefficient (Wildman–Crippen LogP) is 4.34. The summed E-state index contributed by atoms with van der Waals surface area (Å²) in [5.74, 6) is 0.408. The van der Waals surface area contributed by atoms with E-state index >= 15 is 0 Å². The van der Waals surface area contributed by atoms with Gasteiger partial charge in [-0.05, 0) is 35.7 Å². The fraction of sp³-hybridized carbons (Fsp3) is 0.235. The monoisotopic (exact) mass is 331 g/mol. The SMILES string of the molecule is CC(C)[C@@H](N)c1ccc(C(=O)c2ccc(Br)cc2)cc1. The van der Waals surface area contributed by atoms with Crippen LogP contribution in [0.25, 0.3) is 0 Å². The average molecular weight is 332 g/mol. The second-order valence-electron chi connectivity index (χ2n) is 5.23. The highest BCUT2D eigenvalue weighted by molar-refractivity contribution is 9.10. The van der Waals surface area contributed by atoms with Crippen LogP contribution in [0.3, 0.4) is 0 Å². The third-order valence-corrected chi connectivity index (χ3v) is 3.91. The minimum absolute atomic E-state index is 0.00633. The zero-order chi connectivity index (χ0) is 14.7. The van der Waals surface area contributed by atoms with Crippen molar-refractivity contribution in [3.8, 4) is 0 Å². The Morgan fingerprint density at radius 2 is 1.40 bits per heavy atom. The van der Waals surface area contributed by atoms with E-state index in [2.05, 4.69) is 29.8 Å².